The number of carbonyl (C=O) groups excluding carboxylic acids is 2. The van der Waals surface area contributed by atoms with Crippen LogP contribution in [-0.2, 0) is 23.8 Å². The number of esters is 2. The van der Waals surface area contributed by atoms with Gasteiger partial charge in [-0.1, -0.05) is 12.2 Å². The van der Waals surface area contributed by atoms with Crippen LogP contribution in [0.25, 0.3) is 0 Å². The highest BCUT2D eigenvalue weighted by Crippen LogP contribution is 2.40. The monoisotopic (exact) mass is 212 g/mol. The lowest BCUT2D eigenvalue weighted by Gasteiger charge is -2.20. The fourth-order valence-corrected chi connectivity index (χ4v) is 2.14. The largest absolute Gasteiger partial charge is 0.469 e. The Bertz CT molecular complexity index is 292. The molecule has 4 atom stereocenters. The summed E-state index contributed by atoms with van der Waals surface area (Å²) in [6, 6.07) is 0. The molecule has 2 heterocycles. The molecule has 2 rings (SSSR count). The van der Waals surface area contributed by atoms with Crippen LogP contribution in [0.3, 0.4) is 0 Å². The molecule has 5 nitrogen and oxygen atoms in total. The van der Waals surface area contributed by atoms with Gasteiger partial charge in [0.2, 0.25) is 0 Å². The van der Waals surface area contributed by atoms with Crippen molar-refractivity contribution in [2.45, 2.75) is 12.2 Å². The Balaban J connectivity index is 2.24. The Morgan fingerprint density at radius 2 is 1.40 bits per heavy atom. The van der Waals surface area contributed by atoms with E-state index in [1.807, 2.05) is 0 Å². The van der Waals surface area contributed by atoms with E-state index < -0.39 is 23.8 Å². The van der Waals surface area contributed by atoms with Crippen molar-refractivity contribution in [3.63, 3.8) is 0 Å². The van der Waals surface area contributed by atoms with E-state index >= 15 is 0 Å². The molecule has 82 valence electrons. The summed E-state index contributed by atoms with van der Waals surface area (Å²) in [5, 5.41) is 0. The highest BCUT2D eigenvalue weighted by molar-refractivity contribution is 5.84. The lowest BCUT2D eigenvalue weighted by Crippen LogP contribution is -2.37. The lowest BCUT2D eigenvalue weighted by molar-refractivity contribution is -0.156. The molecule has 0 aromatic heterocycles. The lowest BCUT2D eigenvalue weighted by atomic mass is 9.83. The van der Waals surface area contributed by atoms with E-state index in [4.69, 9.17) is 4.74 Å². The number of ether oxygens (including phenoxy) is 3. The smallest absolute Gasteiger partial charge is 0.312 e. The minimum absolute atomic E-state index is 0.355. The molecule has 2 bridgehead atoms. The molecule has 0 amide bonds. The number of rotatable bonds is 2. The van der Waals surface area contributed by atoms with Crippen molar-refractivity contribution >= 4 is 11.9 Å². The molecule has 0 radical (unpaired) electrons. The molecular weight excluding hydrogens is 200 g/mol. The van der Waals surface area contributed by atoms with Crippen molar-refractivity contribution < 1.29 is 23.8 Å². The van der Waals surface area contributed by atoms with Gasteiger partial charge in [-0.2, -0.15) is 0 Å². The first-order valence-corrected chi connectivity index (χ1v) is 4.68. The van der Waals surface area contributed by atoms with Crippen molar-refractivity contribution in [3.05, 3.63) is 12.2 Å². The molecule has 2 aliphatic rings. The topological polar surface area (TPSA) is 61.8 Å². The number of methoxy groups -OCH3 is 2. The van der Waals surface area contributed by atoms with Crippen molar-refractivity contribution in [2.75, 3.05) is 14.2 Å². The van der Waals surface area contributed by atoms with Crippen molar-refractivity contribution in [1.29, 1.82) is 0 Å². The van der Waals surface area contributed by atoms with E-state index in [9.17, 15) is 9.59 Å². The third kappa shape index (κ3) is 1.43. The summed E-state index contributed by atoms with van der Waals surface area (Å²) in [5.41, 5.74) is 0. The Morgan fingerprint density at radius 1 is 1.00 bits per heavy atom. The van der Waals surface area contributed by atoms with E-state index in [-0.39, 0.29) is 12.2 Å². The highest BCUT2D eigenvalue weighted by atomic mass is 16.6. The summed E-state index contributed by atoms with van der Waals surface area (Å²) in [5.74, 6) is -2.00. The first kappa shape index (κ1) is 10.2. The summed E-state index contributed by atoms with van der Waals surface area (Å²) in [7, 11) is 2.60. The van der Waals surface area contributed by atoms with E-state index in [2.05, 4.69) is 9.47 Å². The second-order valence-electron chi connectivity index (χ2n) is 3.55. The van der Waals surface area contributed by atoms with Gasteiger partial charge in [-0.15, -0.1) is 0 Å². The molecule has 0 unspecified atom stereocenters. The standard InChI is InChI=1S/C10H12O5/c1-13-9(11)7-5-3-4-6(15-5)8(7)10(12)14-2/h3-8H,1-2H3/t5-,6-,7-,8+/m0/s1. The van der Waals surface area contributed by atoms with Crippen LogP contribution in [0.15, 0.2) is 12.2 Å². The maximum Gasteiger partial charge on any atom is 0.312 e. The molecule has 1 fully saturated rings. The summed E-state index contributed by atoms with van der Waals surface area (Å²) in [6.45, 7) is 0. The molecule has 0 aromatic rings. The van der Waals surface area contributed by atoms with E-state index in [0.29, 0.717) is 0 Å². The first-order valence-electron chi connectivity index (χ1n) is 4.68. The Labute approximate surface area is 87.0 Å². The van der Waals surface area contributed by atoms with Gasteiger partial charge in [0.05, 0.1) is 26.4 Å². The molecule has 0 aliphatic carbocycles. The van der Waals surface area contributed by atoms with Crippen LogP contribution >= 0.6 is 0 Å². The Hall–Kier alpha value is -1.36. The van der Waals surface area contributed by atoms with Crippen LogP contribution in [0.2, 0.25) is 0 Å². The molecule has 5 heteroatoms. The first-order chi connectivity index (χ1) is 7.19. The maximum absolute atomic E-state index is 11.5. The fourth-order valence-electron chi connectivity index (χ4n) is 2.14. The van der Waals surface area contributed by atoms with Gasteiger partial charge in [-0.25, -0.2) is 0 Å². The minimum Gasteiger partial charge on any atom is -0.469 e. The number of hydrogen-bond acceptors (Lipinski definition) is 5. The number of hydrogen-bond donors (Lipinski definition) is 0. The van der Waals surface area contributed by atoms with Gasteiger partial charge in [-0.05, 0) is 0 Å². The minimum atomic E-state index is -0.572. The van der Waals surface area contributed by atoms with Gasteiger partial charge < -0.3 is 14.2 Å². The highest BCUT2D eigenvalue weighted by Gasteiger charge is 2.54. The maximum atomic E-state index is 11.5. The Morgan fingerprint density at radius 3 is 1.73 bits per heavy atom. The van der Waals surface area contributed by atoms with Crippen LogP contribution in [0.4, 0.5) is 0 Å². The SMILES string of the molecule is COC(=O)[C@@H]1[C@H](C(=O)OC)[C@@H]2C=C[C@@H]1O2. The van der Waals surface area contributed by atoms with E-state index in [1.54, 1.807) is 12.2 Å². The van der Waals surface area contributed by atoms with Gasteiger partial charge in [-0.3, -0.25) is 9.59 Å². The van der Waals surface area contributed by atoms with Crippen LogP contribution in [0, 0.1) is 11.8 Å². The zero-order chi connectivity index (χ0) is 11.0. The van der Waals surface area contributed by atoms with Crippen molar-refractivity contribution in [2.24, 2.45) is 11.8 Å². The second-order valence-corrected chi connectivity index (χ2v) is 3.55. The third-order valence-electron chi connectivity index (χ3n) is 2.85. The molecule has 0 N–H and O–H groups in total. The van der Waals surface area contributed by atoms with Gasteiger partial charge in [0, 0.05) is 0 Å². The fraction of sp³-hybridized carbons (Fsp3) is 0.600. The van der Waals surface area contributed by atoms with Gasteiger partial charge >= 0.3 is 11.9 Å². The zero-order valence-electron chi connectivity index (χ0n) is 8.51. The summed E-state index contributed by atoms with van der Waals surface area (Å²) >= 11 is 0. The van der Waals surface area contributed by atoms with Gasteiger partial charge in [0.15, 0.2) is 0 Å². The summed E-state index contributed by atoms with van der Waals surface area (Å²) in [4.78, 5) is 23.0. The van der Waals surface area contributed by atoms with Crippen LogP contribution < -0.4 is 0 Å². The molecule has 1 saturated heterocycles. The van der Waals surface area contributed by atoms with E-state index in [0.717, 1.165) is 0 Å². The van der Waals surface area contributed by atoms with Crippen LogP contribution in [-0.4, -0.2) is 38.4 Å². The second kappa shape index (κ2) is 3.66. The average Bonchev–Trinajstić information content (AvgIpc) is 2.86. The zero-order valence-corrected chi connectivity index (χ0v) is 8.51. The van der Waals surface area contributed by atoms with Crippen molar-refractivity contribution in [1.82, 2.24) is 0 Å². The molecule has 2 aliphatic heterocycles. The molecular formula is C10H12O5. The van der Waals surface area contributed by atoms with E-state index in [1.165, 1.54) is 14.2 Å². The van der Waals surface area contributed by atoms with Crippen LogP contribution in [0.1, 0.15) is 0 Å². The predicted octanol–water partition coefficient (Wildman–Crippen LogP) is -0.0980. The Kier molecular flexibility index (Phi) is 2.48. The summed E-state index contributed by atoms with van der Waals surface area (Å²) in [6.07, 6.45) is 2.86. The van der Waals surface area contributed by atoms with Gasteiger partial charge in [0.1, 0.15) is 11.8 Å². The number of carbonyl (C=O) groups is 2. The van der Waals surface area contributed by atoms with Crippen molar-refractivity contribution in [3.8, 4) is 0 Å². The van der Waals surface area contributed by atoms with Crippen LogP contribution in [0.5, 0.6) is 0 Å². The number of fused-ring (bicyclic) bond motifs is 2. The predicted molar refractivity (Wildman–Crippen MR) is 48.8 cm³/mol. The summed E-state index contributed by atoms with van der Waals surface area (Å²) < 4.78 is 14.7. The molecule has 15 heavy (non-hydrogen) atoms. The third-order valence-corrected chi connectivity index (χ3v) is 2.85. The average molecular weight is 212 g/mol. The van der Waals surface area contributed by atoms with Gasteiger partial charge in [0.25, 0.3) is 0 Å². The molecule has 0 spiro atoms. The molecule has 0 aromatic carbocycles. The quantitative estimate of drug-likeness (QED) is 0.472. The molecule has 0 saturated carbocycles. The normalized spacial score (nSPS) is 36.7.